The van der Waals surface area contributed by atoms with Crippen LogP contribution in [-0.2, 0) is 11.3 Å². The van der Waals surface area contributed by atoms with Gasteiger partial charge in [0.2, 0.25) is 11.9 Å². The number of aromatic amines is 1. The number of likely N-dealkylation sites (tertiary alicyclic amines) is 1. The Labute approximate surface area is 207 Å². The van der Waals surface area contributed by atoms with E-state index in [1.807, 2.05) is 36.0 Å². The van der Waals surface area contributed by atoms with Gasteiger partial charge in [-0.05, 0) is 44.6 Å². The third-order valence-corrected chi connectivity index (χ3v) is 6.49. The number of halogens is 2. The standard InChI is InChI=1S/C23H27Cl2N7O2/c1-30(2)9-3-4-20(33)31-10-7-16(8-11-31)32-21-19(14-27-32)28-23(29-22(21)34)26-13-15-5-6-17(24)18(25)12-15/h3-6,12,14,16H,7-11,13H2,1-2H3,(H2,26,28,29,34). The molecule has 9 nitrogen and oxygen atoms in total. The monoisotopic (exact) mass is 503 g/mol. The molecule has 2 N–H and O–H groups in total. The third-order valence-electron chi connectivity index (χ3n) is 5.75. The Bertz CT molecular complexity index is 1260. The van der Waals surface area contributed by atoms with E-state index in [9.17, 15) is 9.59 Å². The van der Waals surface area contributed by atoms with Crippen molar-refractivity contribution in [3.8, 4) is 0 Å². The van der Waals surface area contributed by atoms with E-state index in [4.69, 9.17) is 23.2 Å². The van der Waals surface area contributed by atoms with E-state index in [1.54, 1.807) is 29.1 Å². The van der Waals surface area contributed by atoms with Crippen LogP contribution in [0.3, 0.4) is 0 Å². The molecular formula is C23H27Cl2N7O2. The van der Waals surface area contributed by atoms with Crippen molar-refractivity contribution in [3.63, 3.8) is 0 Å². The molecule has 34 heavy (non-hydrogen) atoms. The number of H-pyrrole nitrogens is 1. The van der Waals surface area contributed by atoms with E-state index in [2.05, 4.69) is 20.4 Å². The maximum Gasteiger partial charge on any atom is 0.278 e. The van der Waals surface area contributed by atoms with Gasteiger partial charge >= 0.3 is 0 Å². The van der Waals surface area contributed by atoms with E-state index >= 15 is 0 Å². The van der Waals surface area contributed by atoms with Crippen molar-refractivity contribution in [2.45, 2.75) is 25.4 Å². The molecular weight excluding hydrogens is 477 g/mol. The molecule has 0 bridgehead atoms. The number of carbonyl (C=O) groups excluding carboxylic acids is 1. The van der Waals surface area contributed by atoms with E-state index < -0.39 is 0 Å². The molecule has 3 heterocycles. The number of hydrogen-bond acceptors (Lipinski definition) is 6. The van der Waals surface area contributed by atoms with E-state index in [1.165, 1.54) is 0 Å². The number of benzene rings is 1. The lowest BCUT2D eigenvalue weighted by molar-refractivity contribution is -0.127. The van der Waals surface area contributed by atoms with Crippen molar-refractivity contribution < 1.29 is 4.79 Å². The topological polar surface area (TPSA) is 99.2 Å². The SMILES string of the molecule is CN(C)CC=CC(=O)N1CCC(n2ncc3nc(NCc4ccc(Cl)c(Cl)c4)[nH]c(=O)c32)CC1. The van der Waals surface area contributed by atoms with Gasteiger partial charge in [-0.3, -0.25) is 19.3 Å². The Morgan fingerprint density at radius 1 is 1.26 bits per heavy atom. The minimum atomic E-state index is -0.260. The fourth-order valence-electron chi connectivity index (χ4n) is 3.97. The van der Waals surface area contributed by atoms with E-state index in [-0.39, 0.29) is 17.5 Å². The number of nitrogens with zero attached hydrogens (tertiary/aromatic N) is 5. The van der Waals surface area contributed by atoms with Gasteiger partial charge in [-0.15, -0.1) is 0 Å². The number of anilines is 1. The molecule has 0 unspecified atom stereocenters. The van der Waals surface area contributed by atoms with Crippen LogP contribution in [-0.4, -0.2) is 69.2 Å². The zero-order valence-corrected chi connectivity index (χ0v) is 20.6. The number of aromatic nitrogens is 4. The lowest BCUT2D eigenvalue weighted by atomic mass is 10.0. The molecule has 3 aromatic rings. The molecule has 0 saturated carbocycles. The maximum absolute atomic E-state index is 12.9. The first-order chi connectivity index (χ1) is 16.3. The first-order valence-corrected chi connectivity index (χ1v) is 11.8. The molecule has 1 aliphatic heterocycles. The Morgan fingerprint density at radius 2 is 2.03 bits per heavy atom. The van der Waals surface area contributed by atoms with Crippen molar-refractivity contribution in [1.82, 2.24) is 29.5 Å². The lowest BCUT2D eigenvalue weighted by Gasteiger charge is -2.31. The maximum atomic E-state index is 12.9. The number of hydrogen-bond donors (Lipinski definition) is 2. The zero-order valence-electron chi connectivity index (χ0n) is 19.1. The van der Waals surface area contributed by atoms with Crippen LogP contribution >= 0.6 is 23.2 Å². The van der Waals surface area contributed by atoms with Crippen LogP contribution in [0.2, 0.25) is 10.0 Å². The van der Waals surface area contributed by atoms with Gasteiger partial charge in [-0.2, -0.15) is 5.10 Å². The molecule has 1 aromatic carbocycles. The number of carbonyl (C=O) groups is 1. The van der Waals surface area contributed by atoms with Crippen LogP contribution in [0.15, 0.2) is 41.3 Å². The molecule has 0 aliphatic carbocycles. The second-order valence-electron chi connectivity index (χ2n) is 8.56. The van der Waals surface area contributed by atoms with E-state index in [0.717, 1.165) is 24.9 Å². The Balaban J connectivity index is 1.42. The minimum absolute atomic E-state index is 0.0165. The molecule has 1 saturated heterocycles. The number of piperidine rings is 1. The fraction of sp³-hybridized carbons (Fsp3) is 0.391. The molecule has 180 valence electrons. The summed E-state index contributed by atoms with van der Waals surface area (Å²) in [4.78, 5) is 36.4. The van der Waals surface area contributed by atoms with Crippen molar-refractivity contribution in [1.29, 1.82) is 0 Å². The van der Waals surface area contributed by atoms with Gasteiger partial charge in [-0.25, -0.2) is 4.98 Å². The molecule has 0 spiro atoms. The Morgan fingerprint density at radius 3 is 2.74 bits per heavy atom. The van der Waals surface area contributed by atoms with E-state index in [0.29, 0.717) is 46.7 Å². The van der Waals surface area contributed by atoms with Gasteiger partial charge in [0, 0.05) is 32.3 Å². The summed E-state index contributed by atoms with van der Waals surface area (Å²) in [5, 5.41) is 8.52. The predicted molar refractivity (Wildman–Crippen MR) is 134 cm³/mol. The highest BCUT2D eigenvalue weighted by molar-refractivity contribution is 6.42. The first-order valence-electron chi connectivity index (χ1n) is 11.1. The van der Waals surface area contributed by atoms with Crippen LogP contribution in [0.1, 0.15) is 24.4 Å². The number of amides is 1. The Hall–Kier alpha value is -2.88. The van der Waals surface area contributed by atoms with Crippen LogP contribution in [0.5, 0.6) is 0 Å². The molecule has 4 rings (SSSR count). The molecule has 11 heteroatoms. The highest BCUT2D eigenvalue weighted by Gasteiger charge is 2.25. The van der Waals surface area contributed by atoms with Crippen molar-refractivity contribution in [2.24, 2.45) is 0 Å². The van der Waals surface area contributed by atoms with Crippen LogP contribution in [0, 0.1) is 0 Å². The van der Waals surface area contributed by atoms with Crippen LogP contribution in [0.25, 0.3) is 11.0 Å². The number of rotatable bonds is 7. The molecule has 0 radical (unpaired) electrons. The summed E-state index contributed by atoms with van der Waals surface area (Å²) < 4.78 is 1.74. The molecule has 1 amide bonds. The highest BCUT2D eigenvalue weighted by Crippen LogP contribution is 2.25. The van der Waals surface area contributed by atoms with Gasteiger partial charge in [0.15, 0.2) is 5.52 Å². The summed E-state index contributed by atoms with van der Waals surface area (Å²) in [6, 6.07) is 5.37. The zero-order chi connectivity index (χ0) is 24.2. The Kier molecular flexibility index (Phi) is 7.55. The second kappa shape index (κ2) is 10.6. The summed E-state index contributed by atoms with van der Waals surface area (Å²) in [6.07, 6.45) is 6.55. The normalized spacial score (nSPS) is 15.0. The summed E-state index contributed by atoms with van der Waals surface area (Å²) in [7, 11) is 3.92. The first kappa shape index (κ1) is 24.3. The summed E-state index contributed by atoms with van der Waals surface area (Å²) in [5.41, 5.74) is 1.61. The highest BCUT2D eigenvalue weighted by atomic mass is 35.5. The van der Waals surface area contributed by atoms with Gasteiger partial charge in [0.05, 0.1) is 22.3 Å². The van der Waals surface area contributed by atoms with Crippen molar-refractivity contribution in [3.05, 3.63) is 62.5 Å². The minimum Gasteiger partial charge on any atom is -0.352 e. The quantitative estimate of drug-likeness (QED) is 0.479. The molecule has 1 aliphatic rings. The number of fused-ring (bicyclic) bond motifs is 1. The van der Waals surface area contributed by atoms with Crippen LogP contribution in [0.4, 0.5) is 5.95 Å². The van der Waals surface area contributed by atoms with Gasteiger partial charge < -0.3 is 15.1 Å². The lowest BCUT2D eigenvalue weighted by Crippen LogP contribution is -2.38. The van der Waals surface area contributed by atoms with Gasteiger partial charge in [0.25, 0.3) is 5.56 Å². The average Bonchev–Trinajstić information content (AvgIpc) is 3.24. The molecule has 1 fully saturated rings. The molecule has 2 aromatic heterocycles. The summed E-state index contributed by atoms with van der Waals surface area (Å²) >= 11 is 12.0. The van der Waals surface area contributed by atoms with Crippen molar-refractivity contribution in [2.75, 3.05) is 39.0 Å². The largest absolute Gasteiger partial charge is 0.352 e. The fourth-order valence-corrected chi connectivity index (χ4v) is 4.29. The predicted octanol–water partition coefficient (Wildman–Crippen LogP) is 3.32. The van der Waals surface area contributed by atoms with Crippen LogP contribution < -0.4 is 10.9 Å². The summed E-state index contributed by atoms with van der Waals surface area (Å²) in [5.74, 6) is 0.371. The average molecular weight is 504 g/mol. The third kappa shape index (κ3) is 5.60. The summed E-state index contributed by atoms with van der Waals surface area (Å²) in [6.45, 7) is 2.38. The molecule has 0 atom stereocenters. The van der Waals surface area contributed by atoms with Crippen molar-refractivity contribution >= 4 is 46.1 Å². The number of nitrogens with one attached hydrogen (secondary N) is 2. The van der Waals surface area contributed by atoms with Gasteiger partial charge in [-0.1, -0.05) is 35.3 Å². The second-order valence-corrected chi connectivity index (χ2v) is 9.38. The smallest absolute Gasteiger partial charge is 0.278 e. The number of likely N-dealkylation sites (N-methyl/N-ethyl adjacent to an activating group) is 1. The van der Waals surface area contributed by atoms with Gasteiger partial charge in [0.1, 0.15) is 5.52 Å².